The summed E-state index contributed by atoms with van der Waals surface area (Å²) < 4.78 is 11.9. The predicted molar refractivity (Wildman–Crippen MR) is 118 cm³/mol. The topological polar surface area (TPSA) is 116 Å². The quantitative estimate of drug-likeness (QED) is 0.348. The Morgan fingerprint density at radius 3 is 1.87 bits per heavy atom. The number of benzene rings is 2. The molecular formula is C23H30O7Si. The van der Waals surface area contributed by atoms with Crippen molar-refractivity contribution >= 4 is 24.7 Å². The molecule has 1 fully saturated rings. The minimum atomic E-state index is -3.07. The van der Waals surface area contributed by atoms with Crippen LogP contribution in [0.25, 0.3) is 0 Å². The van der Waals surface area contributed by atoms with Crippen molar-refractivity contribution in [3.05, 3.63) is 60.7 Å². The number of carbonyl (C=O) groups is 1. The van der Waals surface area contributed by atoms with Crippen molar-refractivity contribution in [1.82, 2.24) is 0 Å². The molecule has 1 heterocycles. The molecule has 2 aromatic rings. The summed E-state index contributed by atoms with van der Waals surface area (Å²) in [5, 5.41) is 42.2. The van der Waals surface area contributed by atoms with E-state index in [1.807, 2.05) is 60.7 Å². The van der Waals surface area contributed by atoms with Crippen molar-refractivity contribution in [1.29, 1.82) is 0 Å². The Balaban J connectivity index is 2.14. The second-order valence-corrected chi connectivity index (χ2v) is 13.2. The standard InChI is InChI=1S/C23H30O7Si/c1-22(2,3)31(16-10-6-4-7-11-16,17-12-8-5-9-13-17)29-15-23(18(25)14-24)20(27)19(26)21(28)30-23/h4-13,18-20,24-27H,14-15H2,1-3H3/t18-,19+,20+,23-/m1/s1. The minimum Gasteiger partial charge on any atom is -0.449 e. The van der Waals surface area contributed by atoms with E-state index in [1.165, 1.54) is 0 Å². The summed E-state index contributed by atoms with van der Waals surface area (Å²) in [5.74, 6) is -1.06. The molecule has 1 aliphatic heterocycles. The second-order valence-electron chi connectivity index (χ2n) is 8.92. The van der Waals surface area contributed by atoms with Gasteiger partial charge in [-0.2, -0.15) is 0 Å². The first-order valence-electron chi connectivity index (χ1n) is 10.2. The van der Waals surface area contributed by atoms with Crippen molar-refractivity contribution in [3.63, 3.8) is 0 Å². The van der Waals surface area contributed by atoms with Crippen molar-refractivity contribution in [2.45, 2.75) is 49.7 Å². The lowest BCUT2D eigenvalue weighted by molar-refractivity contribution is -0.180. The highest BCUT2D eigenvalue weighted by atomic mass is 28.4. The lowest BCUT2D eigenvalue weighted by atomic mass is 9.90. The molecule has 31 heavy (non-hydrogen) atoms. The molecule has 0 radical (unpaired) electrons. The number of rotatable bonds is 7. The van der Waals surface area contributed by atoms with Gasteiger partial charge in [-0.3, -0.25) is 0 Å². The van der Waals surface area contributed by atoms with Crippen LogP contribution in [0.4, 0.5) is 0 Å². The highest BCUT2D eigenvalue weighted by molar-refractivity contribution is 6.99. The number of hydrogen-bond acceptors (Lipinski definition) is 7. The Hall–Kier alpha value is -2.07. The number of aliphatic hydroxyl groups is 4. The zero-order valence-corrected chi connectivity index (χ0v) is 18.9. The van der Waals surface area contributed by atoms with Crippen LogP contribution >= 0.6 is 0 Å². The van der Waals surface area contributed by atoms with Gasteiger partial charge in [0.15, 0.2) is 11.7 Å². The first-order valence-corrected chi connectivity index (χ1v) is 12.1. The van der Waals surface area contributed by atoms with E-state index in [9.17, 15) is 25.2 Å². The largest absolute Gasteiger partial charge is 0.449 e. The molecule has 0 spiro atoms. The van der Waals surface area contributed by atoms with Crippen LogP contribution in [0.1, 0.15) is 20.8 Å². The molecular weight excluding hydrogens is 416 g/mol. The van der Waals surface area contributed by atoms with Crippen LogP contribution in [0, 0.1) is 0 Å². The molecule has 0 saturated carbocycles. The smallest absolute Gasteiger partial charge is 0.338 e. The Morgan fingerprint density at radius 1 is 1.03 bits per heavy atom. The maximum atomic E-state index is 12.0. The molecule has 0 aliphatic carbocycles. The van der Waals surface area contributed by atoms with Crippen LogP contribution < -0.4 is 10.4 Å². The van der Waals surface area contributed by atoms with E-state index in [0.29, 0.717) is 0 Å². The third-order valence-electron chi connectivity index (χ3n) is 6.00. The van der Waals surface area contributed by atoms with Crippen LogP contribution in [-0.4, -0.2) is 71.8 Å². The average molecular weight is 447 g/mol. The zero-order valence-electron chi connectivity index (χ0n) is 17.9. The Bertz CT molecular complexity index is 844. The first kappa shape index (κ1) is 23.6. The summed E-state index contributed by atoms with van der Waals surface area (Å²) in [6.07, 6.45) is -5.22. The molecule has 3 rings (SSSR count). The van der Waals surface area contributed by atoms with Crippen LogP contribution in [-0.2, 0) is 14.0 Å². The summed E-state index contributed by atoms with van der Waals surface area (Å²) in [5.41, 5.74) is -1.99. The molecule has 168 valence electrons. The summed E-state index contributed by atoms with van der Waals surface area (Å²) in [4.78, 5) is 12.0. The third-order valence-corrected chi connectivity index (χ3v) is 11.0. The van der Waals surface area contributed by atoms with Gasteiger partial charge < -0.3 is 29.6 Å². The SMILES string of the molecule is CC(C)(C)[Si](OC[C@]1([C@H](O)CO)OC(=O)[C@@H](O)[C@@H]1O)(c1ccccc1)c1ccccc1. The molecule has 4 atom stereocenters. The number of aliphatic hydroxyl groups excluding tert-OH is 4. The van der Waals surface area contributed by atoms with Crippen LogP contribution in [0.2, 0.25) is 5.04 Å². The molecule has 1 saturated heterocycles. The van der Waals surface area contributed by atoms with Crippen molar-refractivity contribution in [2.75, 3.05) is 13.2 Å². The van der Waals surface area contributed by atoms with Crippen molar-refractivity contribution < 1.29 is 34.4 Å². The Kier molecular flexibility index (Phi) is 6.71. The molecule has 4 N–H and O–H groups in total. The van der Waals surface area contributed by atoms with Crippen LogP contribution in [0.3, 0.4) is 0 Å². The van der Waals surface area contributed by atoms with E-state index < -0.39 is 56.5 Å². The number of ether oxygens (including phenoxy) is 1. The Labute approximate surface area is 183 Å². The molecule has 0 aromatic heterocycles. The van der Waals surface area contributed by atoms with Gasteiger partial charge in [-0.25, -0.2) is 4.79 Å². The van der Waals surface area contributed by atoms with Gasteiger partial charge in [0.1, 0.15) is 12.2 Å². The van der Waals surface area contributed by atoms with Crippen LogP contribution in [0.15, 0.2) is 60.7 Å². The first-order chi connectivity index (χ1) is 14.6. The van der Waals surface area contributed by atoms with Gasteiger partial charge in [-0.1, -0.05) is 81.4 Å². The molecule has 7 nitrogen and oxygen atoms in total. The number of carbonyl (C=O) groups excluding carboxylic acids is 1. The fourth-order valence-electron chi connectivity index (χ4n) is 4.32. The summed E-state index contributed by atoms with van der Waals surface area (Å²) >= 11 is 0. The van der Waals surface area contributed by atoms with Crippen LogP contribution in [0.5, 0.6) is 0 Å². The average Bonchev–Trinajstić information content (AvgIpc) is 2.98. The number of cyclic esters (lactones) is 1. The molecule has 0 bridgehead atoms. The van der Waals surface area contributed by atoms with E-state index in [4.69, 9.17) is 9.16 Å². The molecule has 1 aliphatic rings. The number of hydrogen-bond donors (Lipinski definition) is 4. The van der Waals surface area contributed by atoms with Gasteiger partial charge in [0.2, 0.25) is 0 Å². The van der Waals surface area contributed by atoms with Crippen molar-refractivity contribution in [3.8, 4) is 0 Å². The fourth-order valence-corrected chi connectivity index (χ4v) is 8.92. The number of esters is 1. The van der Waals surface area contributed by atoms with E-state index in [2.05, 4.69) is 20.8 Å². The van der Waals surface area contributed by atoms with Gasteiger partial charge in [0.05, 0.1) is 13.2 Å². The monoisotopic (exact) mass is 446 g/mol. The maximum Gasteiger partial charge on any atom is 0.338 e. The van der Waals surface area contributed by atoms with E-state index in [1.54, 1.807) is 0 Å². The Morgan fingerprint density at radius 2 is 1.52 bits per heavy atom. The predicted octanol–water partition coefficient (Wildman–Crippen LogP) is -0.0664. The fraction of sp³-hybridized carbons (Fsp3) is 0.435. The normalized spacial score (nSPS) is 25.3. The molecule has 0 unspecified atom stereocenters. The van der Waals surface area contributed by atoms with E-state index in [0.717, 1.165) is 10.4 Å². The summed E-state index contributed by atoms with van der Waals surface area (Å²) in [7, 11) is -3.07. The molecule has 8 heteroatoms. The highest BCUT2D eigenvalue weighted by Crippen LogP contribution is 2.39. The maximum absolute atomic E-state index is 12.0. The summed E-state index contributed by atoms with van der Waals surface area (Å²) in [6.45, 7) is 4.99. The van der Waals surface area contributed by atoms with E-state index in [-0.39, 0.29) is 0 Å². The minimum absolute atomic E-state index is 0.396. The zero-order chi connectivity index (χ0) is 22.9. The molecule has 0 amide bonds. The summed E-state index contributed by atoms with van der Waals surface area (Å²) in [6, 6.07) is 19.4. The lowest BCUT2D eigenvalue weighted by Crippen LogP contribution is -2.69. The van der Waals surface area contributed by atoms with Gasteiger partial charge in [-0.15, -0.1) is 0 Å². The molecule has 2 aromatic carbocycles. The highest BCUT2D eigenvalue weighted by Gasteiger charge is 2.61. The second kappa shape index (κ2) is 8.82. The van der Waals surface area contributed by atoms with Crippen molar-refractivity contribution in [2.24, 2.45) is 0 Å². The van der Waals surface area contributed by atoms with Gasteiger partial charge in [-0.05, 0) is 15.4 Å². The van der Waals surface area contributed by atoms with Gasteiger partial charge >= 0.3 is 5.97 Å². The van der Waals surface area contributed by atoms with E-state index >= 15 is 0 Å². The lowest BCUT2D eigenvalue weighted by Gasteiger charge is -2.45. The van der Waals surface area contributed by atoms with Gasteiger partial charge in [0.25, 0.3) is 8.32 Å². The third kappa shape index (κ3) is 3.95. The van der Waals surface area contributed by atoms with Gasteiger partial charge in [0, 0.05) is 0 Å².